The van der Waals surface area contributed by atoms with Crippen LogP contribution in [0.1, 0.15) is 18.0 Å². The van der Waals surface area contributed by atoms with Gasteiger partial charge in [0.2, 0.25) is 10.0 Å². The Hall–Kier alpha value is -1.00. The largest absolute Gasteiger partial charge is 0.324 e. The fourth-order valence-corrected chi connectivity index (χ4v) is 2.31. The molecule has 0 spiro atoms. The van der Waals surface area contributed by atoms with E-state index in [0.29, 0.717) is 12.0 Å². The molecule has 0 bridgehead atoms. The molecule has 0 aliphatic heterocycles. The molecule has 0 fully saturated rings. The molecule has 0 heterocycles. The second kappa shape index (κ2) is 5.97. The van der Waals surface area contributed by atoms with Crippen LogP contribution < -0.4 is 10.9 Å². The molecule has 0 amide bonds. The minimum Gasteiger partial charge on any atom is -0.324 e. The zero-order valence-corrected chi connectivity index (χ0v) is 11.9. The standard InChI is InChI=1S/C10H16N2O5S2/c1-18(13,14)17-7-6-10(11)8-2-4-9(5-3-8)19(12,15)16/h2-5,10H,6-7,11H2,1H3,(H2,12,15,16). The Kier molecular flexibility index (Phi) is 5.04. The van der Waals surface area contributed by atoms with Gasteiger partial charge in [-0.25, -0.2) is 13.6 Å². The van der Waals surface area contributed by atoms with Crippen LogP contribution in [0.4, 0.5) is 0 Å². The van der Waals surface area contributed by atoms with Crippen LogP contribution in [0, 0.1) is 0 Å². The van der Waals surface area contributed by atoms with Gasteiger partial charge in [-0.15, -0.1) is 0 Å². The summed E-state index contributed by atoms with van der Waals surface area (Å²) in [5.41, 5.74) is 6.50. The molecule has 0 aliphatic carbocycles. The highest BCUT2D eigenvalue weighted by atomic mass is 32.2. The number of hydrogen-bond acceptors (Lipinski definition) is 6. The lowest BCUT2D eigenvalue weighted by molar-refractivity contribution is 0.304. The fraction of sp³-hybridized carbons (Fsp3) is 0.400. The Morgan fingerprint density at radius 3 is 2.11 bits per heavy atom. The van der Waals surface area contributed by atoms with Crippen molar-refractivity contribution in [3.05, 3.63) is 29.8 Å². The molecule has 1 aromatic rings. The molecular weight excluding hydrogens is 292 g/mol. The maximum atomic E-state index is 11.1. The Balaban J connectivity index is 2.66. The van der Waals surface area contributed by atoms with Gasteiger partial charge in [-0.1, -0.05) is 12.1 Å². The summed E-state index contributed by atoms with van der Waals surface area (Å²) < 4.78 is 48.2. The smallest absolute Gasteiger partial charge is 0.264 e. The number of nitrogens with two attached hydrogens (primary N) is 2. The van der Waals surface area contributed by atoms with E-state index in [1.54, 1.807) is 0 Å². The normalized spacial score (nSPS) is 14.3. The lowest BCUT2D eigenvalue weighted by Gasteiger charge is -2.12. The Morgan fingerprint density at radius 2 is 1.68 bits per heavy atom. The molecule has 1 unspecified atom stereocenters. The van der Waals surface area contributed by atoms with Gasteiger partial charge in [-0.05, 0) is 24.1 Å². The van der Waals surface area contributed by atoms with Crippen LogP contribution in [-0.4, -0.2) is 29.7 Å². The average Bonchev–Trinajstić information content (AvgIpc) is 2.26. The third-order valence-corrected chi connectivity index (χ3v) is 3.89. The van der Waals surface area contributed by atoms with Gasteiger partial charge in [-0.3, -0.25) is 4.18 Å². The molecular formula is C10H16N2O5S2. The molecule has 0 radical (unpaired) electrons. The van der Waals surface area contributed by atoms with E-state index in [-0.39, 0.29) is 11.5 Å². The first kappa shape index (κ1) is 16.1. The van der Waals surface area contributed by atoms with Gasteiger partial charge in [0.25, 0.3) is 10.1 Å². The number of rotatable bonds is 6. The monoisotopic (exact) mass is 308 g/mol. The van der Waals surface area contributed by atoms with E-state index in [1.807, 2.05) is 0 Å². The van der Waals surface area contributed by atoms with Crippen LogP contribution in [0.5, 0.6) is 0 Å². The molecule has 19 heavy (non-hydrogen) atoms. The van der Waals surface area contributed by atoms with Crippen molar-refractivity contribution in [1.29, 1.82) is 0 Å². The molecule has 108 valence electrons. The van der Waals surface area contributed by atoms with E-state index in [4.69, 9.17) is 10.9 Å². The van der Waals surface area contributed by atoms with Gasteiger partial charge in [-0.2, -0.15) is 8.42 Å². The minimum atomic E-state index is -3.73. The fourth-order valence-electron chi connectivity index (χ4n) is 1.40. The Morgan fingerprint density at radius 1 is 1.16 bits per heavy atom. The molecule has 4 N–H and O–H groups in total. The summed E-state index contributed by atoms with van der Waals surface area (Å²) >= 11 is 0. The second-order valence-electron chi connectivity index (χ2n) is 4.04. The van der Waals surface area contributed by atoms with Crippen molar-refractivity contribution in [3.8, 4) is 0 Å². The van der Waals surface area contributed by atoms with Crippen LogP contribution in [0.3, 0.4) is 0 Å². The maximum absolute atomic E-state index is 11.1. The van der Waals surface area contributed by atoms with Crippen LogP contribution in [0.15, 0.2) is 29.2 Å². The summed E-state index contributed by atoms with van der Waals surface area (Å²) in [6.45, 7) is -0.0308. The summed E-state index contributed by atoms with van der Waals surface area (Å²) in [6.07, 6.45) is 1.25. The number of primary sulfonamides is 1. The zero-order valence-electron chi connectivity index (χ0n) is 10.3. The van der Waals surface area contributed by atoms with Crippen molar-refractivity contribution < 1.29 is 21.0 Å². The molecule has 0 saturated carbocycles. The number of benzene rings is 1. The third-order valence-electron chi connectivity index (χ3n) is 2.36. The van der Waals surface area contributed by atoms with Gasteiger partial charge >= 0.3 is 0 Å². The van der Waals surface area contributed by atoms with Gasteiger partial charge in [0, 0.05) is 6.04 Å². The van der Waals surface area contributed by atoms with E-state index in [2.05, 4.69) is 4.18 Å². The highest BCUT2D eigenvalue weighted by molar-refractivity contribution is 7.89. The SMILES string of the molecule is CS(=O)(=O)OCCC(N)c1ccc(S(N)(=O)=O)cc1. The van der Waals surface area contributed by atoms with E-state index in [1.165, 1.54) is 24.3 Å². The van der Waals surface area contributed by atoms with Gasteiger partial charge < -0.3 is 5.73 Å². The summed E-state index contributed by atoms with van der Waals surface area (Å²) in [6, 6.07) is 5.32. The summed E-state index contributed by atoms with van der Waals surface area (Å²) in [7, 11) is -7.21. The van der Waals surface area contributed by atoms with E-state index < -0.39 is 26.2 Å². The molecule has 1 rings (SSSR count). The number of sulfonamides is 1. The van der Waals surface area contributed by atoms with E-state index >= 15 is 0 Å². The average molecular weight is 308 g/mol. The van der Waals surface area contributed by atoms with Crippen molar-refractivity contribution in [2.75, 3.05) is 12.9 Å². The number of hydrogen-bond donors (Lipinski definition) is 2. The highest BCUT2D eigenvalue weighted by Gasteiger charge is 2.11. The highest BCUT2D eigenvalue weighted by Crippen LogP contribution is 2.16. The van der Waals surface area contributed by atoms with Crippen molar-refractivity contribution in [3.63, 3.8) is 0 Å². The lowest BCUT2D eigenvalue weighted by Crippen LogP contribution is -2.16. The molecule has 0 aliphatic rings. The van der Waals surface area contributed by atoms with Crippen LogP contribution in [0.25, 0.3) is 0 Å². The zero-order chi connectivity index (χ0) is 14.7. The molecule has 7 nitrogen and oxygen atoms in total. The predicted molar refractivity (Wildman–Crippen MR) is 70.2 cm³/mol. The van der Waals surface area contributed by atoms with E-state index in [0.717, 1.165) is 6.26 Å². The topological polar surface area (TPSA) is 130 Å². The third kappa shape index (κ3) is 5.66. The van der Waals surface area contributed by atoms with Crippen LogP contribution >= 0.6 is 0 Å². The Bertz CT molecular complexity index is 622. The van der Waals surface area contributed by atoms with Crippen molar-refractivity contribution >= 4 is 20.1 Å². The quantitative estimate of drug-likeness (QED) is 0.694. The van der Waals surface area contributed by atoms with Crippen LogP contribution in [-0.2, 0) is 24.3 Å². The molecule has 0 aromatic heterocycles. The predicted octanol–water partition coefficient (Wildman–Crippen LogP) is -0.300. The minimum absolute atomic E-state index is 0.00386. The molecule has 1 atom stereocenters. The van der Waals surface area contributed by atoms with Gasteiger partial charge in [0.05, 0.1) is 17.8 Å². The first-order chi connectivity index (χ1) is 8.59. The van der Waals surface area contributed by atoms with Crippen molar-refractivity contribution in [1.82, 2.24) is 0 Å². The summed E-state index contributed by atoms with van der Waals surface area (Å²) in [5, 5.41) is 4.97. The van der Waals surface area contributed by atoms with Gasteiger partial charge in [0.1, 0.15) is 0 Å². The van der Waals surface area contributed by atoms with Crippen molar-refractivity contribution in [2.24, 2.45) is 10.9 Å². The van der Waals surface area contributed by atoms with Crippen molar-refractivity contribution in [2.45, 2.75) is 17.4 Å². The first-order valence-corrected chi connectivity index (χ1v) is 8.68. The molecule has 1 aromatic carbocycles. The molecule has 0 saturated heterocycles. The second-order valence-corrected chi connectivity index (χ2v) is 7.24. The molecule has 9 heteroatoms. The Labute approximate surface area is 112 Å². The van der Waals surface area contributed by atoms with E-state index in [9.17, 15) is 16.8 Å². The maximum Gasteiger partial charge on any atom is 0.264 e. The van der Waals surface area contributed by atoms with Gasteiger partial charge in [0.15, 0.2) is 0 Å². The summed E-state index contributed by atoms with van der Waals surface area (Å²) in [4.78, 5) is -0.00386. The lowest BCUT2D eigenvalue weighted by atomic mass is 10.1. The van der Waals surface area contributed by atoms with Crippen LogP contribution in [0.2, 0.25) is 0 Å². The summed E-state index contributed by atoms with van der Waals surface area (Å²) in [5.74, 6) is 0. The first-order valence-electron chi connectivity index (χ1n) is 5.32.